The highest BCUT2D eigenvalue weighted by Crippen LogP contribution is 2.34. The first-order chi connectivity index (χ1) is 24.6. The standard InChI is InChI=1S/C35H32N8O7S/c1-6-17(4)25-29(45)41-24(16(2)3)28(44)36-18(5)31-37-20(12-47-31)32-39-22(14-49-32)35-40-23(15-51-35)33-38-21(13-48-33)34-43-26(30(46)42-25)27(50-34)19-10-8-7-9-11-19/h7-17,24-25H,5-6H2,1-4H3,(H,36,44)(H,41,45)(H,42,46). The number of benzene rings is 1. The summed E-state index contributed by atoms with van der Waals surface area (Å²) in [5.74, 6) is -1.88. The van der Waals surface area contributed by atoms with E-state index in [1.807, 2.05) is 19.9 Å². The Hall–Kier alpha value is -6.16. The fourth-order valence-corrected chi connectivity index (χ4v) is 6.06. The first-order valence-electron chi connectivity index (χ1n) is 16.1. The summed E-state index contributed by atoms with van der Waals surface area (Å²) in [5, 5.41) is 10.6. The molecule has 3 amide bonds. The number of fused-ring (bicyclic) bond motifs is 14. The van der Waals surface area contributed by atoms with Crippen molar-refractivity contribution in [3.8, 4) is 56.8 Å². The largest absolute Gasteiger partial charge is 0.443 e. The minimum absolute atomic E-state index is 0.0172. The third kappa shape index (κ3) is 6.60. The first-order valence-corrected chi connectivity index (χ1v) is 17.0. The van der Waals surface area contributed by atoms with Gasteiger partial charge in [0, 0.05) is 10.9 Å². The number of carbonyl (C=O) groups excluding carboxylic acids is 3. The van der Waals surface area contributed by atoms with Crippen LogP contribution in [0.5, 0.6) is 0 Å². The van der Waals surface area contributed by atoms with Crippen LogP contribution in [0.15, 0.2) is 78.7 Å². The van der Waals surface area contributed by atoms with Crippen molar-refractivity contribution < 1.29 is 32.1 Å². The van der Waals surface area contributed by atoms with Crippen molar-refractivity contribution in [2.75, 3.05) is 0 Å². The van der Waals surface area contributed by atoms with Crippen LogP contribution in [0.1, 0.15) is 50.5 Å². The lowest BCUT2D eigenvalue weighted by Gasteiger charge is -2.27. The Bertz CT molecular complexity index is 2240. The molecule has 0 saturated heterocycles. The molecule has 1 aromatic carbocycles. The van der Waals surface area contributed by atoms with E-state index in [4.69, 9.17) is 17.7 Å². The van der Waals surface area contributed by atoms with Gasteiger partial charge in [-0.25, -0.2) is 24.9 Å². The van der Waals surface area contributed by atoms with E-state index in [0.29, 0.717) is 28.4 Å². The zero-order chi connectivity index (χ0) is 35.8. The average molecular weight is 709 g/mol. The predicted molar refractivity (Wildman–Crippen MR) is 184 cm³/mol. The molecule has 1 aliphatic heterocycles. The van der Waals surface area contributed by atoms with Crippen LogP contribution in [-0.4, -0.2) is 54.7 Å². The molecule has 0 radical (unpaired) electrons. The molecule has 0 saturated carbocycles. The fraction of sp³-hybridized carbons (Fsp3) is 0.257. The minimum atomic E-state index is -1.04. The molecule has 260 valence electrons. The number of carbonyl (C=O) groups is 3. The molecule has 5 aromatic heterocycles. The van der Waals surface area contributed by atoms with Crippen molar-refractivity contribution in [3.05, 3.63) is 72.7 Å². The van der Waals surface area contributed by atoms with Gasteiger partial charge in [0.05, 0.1) is 5.70 Å². The number of nitrogens with zero attached hydrogens (tertiary/aromatic N) is 5. The molecule has 6 heterocycles. The summed E-state index contributed by atoms with van der Waals surface area (Å²) in [6, 6.07) is 6.94. The zero-order valence-electron chi connectivity index (χ0n) is 27.9. The van der Waals surface area contributed by atoms with Crippen molar-refractivity contribution in [2.45, 2.75) is 46.2 Å². The van der Waals surface area contributed by atoms with Gasteiger partial charge in [0.1, 0.15) is 47.3 Å². The molecule has 6 aromatic rings. The number of nitrogens with one attached hydrogen (secondary N) is 3. The molecule has 7 rings (SSSR count). The summed E-state index contributed by atoms with van der Waals surface area (Å²) in [6.45, 7) is 11.2. The Morgan fingerprint density at radius 1 is 0.765 bits per heavy atom. The number of amides is 3. The van der Waals surface area contributed by atoms with Gasteiger partial charge < -0.3 is 33.6 Å². The maximum Gasteiger partial charge on any atom is 0.274 e. The normalized spacial score (nSPS) is 17.4. The fourth-order valence-electron chi connectivity index (χ4n) is 5.32. The summed E-state index contributed by atoms with van der Waals surface area (Å²) in [6.07, 6.45) is 4.65. The molecule has 1 aliphatic rings. The van der Waals surface area contributed by atoms with Crippen molar-refractivity contribution in [1.82, 2.24) is 40.9 Å². The van der Waals surface area contributed by atoms with Crippen LogP contribution in [0.25, 0.3) is 62.5 Å². The van der Waals surface area contributed by atoms with Crippen LogP contribution < -0.4 is 16.0 Å². The second kappa shape index (κ2) is 13.6. The Labute approximate surface area is 294 Å². The minimum Gasteiger partial charge on any atom is -0.443 e. The first kappa shape index (κ1) is 33.3. The smallest absolute Gasteiger partial charge is 0.274 e. The van der Waals surface area contributed by atoms with Crippen LogP contribution in [0.3, 0.4) is 0 Å². The van der Waals surface area contributed by atoms with E-state index >= 15 is 0 Å². The number of hydrogen-bond acceptors (Lipinski definition) is 13. The quantitative estimate of drug-likeness (QED) is 0.198. The van der Waals surface area contributed by atoms with E-state index in [-0.39, 0.29) is 63.9 Å². The van der Waals surface area contributed by atoms with Crippen LogP contribution >= 0.6 is 11.3 Å². The van der Waals surface area contributed by atoms with Gasteiger partial charge in [-0.15, -0.1) is 11.3 Å². The molecule has 0 spiro atoms. The second-order valence-electron chi connectivity index (χ2n) is 12.2. The van der Waals surface area contributed by atoms with Crippen molar-refractivity contribution in [2.24, 2.45) is 11.8 Å². The van der Waals surface area contributed by atoms with Gasteiger partial charge in [0.15, 0.2) is 22.8 Å². The van der Waals surface area contributed by atoms with Gasteiger partial charge in [-0.1, -0.05) is 71.0 Å². The van der Waals surface area contributed by atoms with Crippen LogP contribution in [0.2, 0.25) is 0 Å². The number of thiazole rings is 1. The SMILES string of the molecule is C=C1NC(=O)C(C(C)C)NC(=O)C(C(C)CC)NC(=O)c2nc(oc2-c2ccccc2)-c2coc(n2)-c2csc(n2)-c2coc(n2)-c2coc1n2. The lowest BCUT2D eigenvalue weighted by Crippen LogP contribution is -2.57. The van der Waals surface area contributed by atoms with Gasteiger partial charge in [-0.3, -0.25) is 14.4 Å². The number of rotatable bonds is 4. The van der Waals surface area contributed by atoms with Crippen molar-refractivity contribution in [1.29, 1.82) is 0 Å². The summed E-state index contributed by atoms with van der Waals surface area (Å²) in [4.78, 5) is 64.0. The molecule has 15 nitrogen and oxygen atoms in total. The van der Waals surface area contributed by atoms with Crippen LogP contribution in [0, 0.1) is 11.8 Å². The van der Waals surface area contributed by atoms with E-state index in [1.54, 1.807) is 43.5 Å². The molecular weight excluding hydrogens is 677 g/mol. The summed E-state index contributed by atoms with van der Waals surface area (Å²) < 4.78 is 23.1. The number of aromatic nitrogens is 5. The van der Waals surface area contributed by atoms with Crippen molar-refractivity contribution >= 4 is 34.8 Å². The van der Waals surface area contributed by atoms with Gasteiger partial charge >= 0.3 is 0 Å². The highest BCUT2D eigenvalue weighted by molar-refractivity contribution is 7.13. The highest BCUT2D eigenvalue weighted by atomic mass is 32.1. The molecular formula is C35H32N8O7S. The molecule has 3 unspecified atom stereocenters. The van der Waals surface area contributed by atoms with Gasteiger partial charge in [0.25, 0.3) is 5.91 Å². The average Bonchev–Trinajstić information content (AvgIpc) is 3.97. The van der Waals surface area contributed by atoms with Crippen LogP contribution in [-0.2, 0) is 9.59 Å². The molecule has 3 N–H and O–H groups in total. The molecule has 0 fully saturated rings. The van der Waals surface area contributed by atoms with Gasteiger partial charge in [-0.05, 0) is 11.8 Å². The summed E-state index contributed by atoms with van der Waals surface area (Å²) in [5.41, 5.74) is 1.92. The van der Waals surface area contributed by atoms with E-state index in [9.17, 15) is 14.4 Å². The third-order valence-electron chi connectivity index (χ3n) is 8.33. The Morgan fingerprint density at radius 3 is 2.14 bits per heavy atom. The summed E-state index contributed by atoms with van der Waals surface area (Å²) in [7, 11) is 0. The lowest BCUT2D eigenvalue weighted by molar-refractivity contribution is -0.131. The van der Waals surface area contributed by atoms with Gasteiger partial charge in [0.2, 0.25) is 35.4 Å². The zero-order valence-corrected chi connectivity index (χ0v) is 28.7. The predicted octanol–water partition coefficient (Wildman–Crippen LogP) is 5.82. The maximum atomic E-state index is 14.0. The Balaban J connectivity index is 1.31. The van der Waals surface area contributed by atoms with Crippen molar-refractivity contribution in [3.63, 3.8) is 0 Å². The van der Waals surface area contributed by atoms with E-state index in [0.717, 1.165) is 0 Å². The van der Waals surface area contributed by atoms with Crippen LogP contribution in [0.4, 0.5) is 0 Å². The monoisotopic (exact) mass is 708 g/mol. The number of oxazole rings is 4. The topological polar surface area (TPSA) is 204 Å². The number of hydrogen-bond donors (Lipinski definition) is 3. The summed E-state index contributed by atoms with van der Waals surface area (Å²) >= 11 is 1.29. The van der Waals surface area contributed by atoms with E-state index in [1.165, 1.54) is 30.1 Å². The second-order valence-corrected chi connectivity index (χ2v) is 13.1. The highest BCUT2D eigenvalue weighted by Gasteiger charge is 2.34. The third-order valence-corrected chi connectivity index (χ3v) is 9.20. The molecule has 3 atom stereocenters. The Morgan fingerprint density at radius 2 is 1.41 bits per heavy atom. The molecule has 0 aliphatic carbocycles. The maximum absolute atomic E-state index is 14.0. The van der Waals surface area contributed by atoms with Gasteiger partial charge in [-0.2, -0.15) is 0 Å². The van der Waals surface area contributed by atoms with E-state index in [2.05, 4.69) is 47.4 Å². The molecule has 51 heavy (non-hydrogen) atoms. The van der Waals surface area contributed by atoms with E-state index < -0.39 is 29.8 Å². The Kier molecular flexibility index (Phi) is 8.91. The lowest BCUT2D eigenvalue weighted by atomic mass is 9.96. The molecule has 10 bridgehead atoms. The molecule has 16 heteroatoms.